The molecule has 0 bridgehead atoms. The van der Waals surface area contributed by atoms with E-state index in [1.165, 1.54) is 19.3 Å². The van der Waals surface area contributed by atoms with Crippen LogP contribution >= 0.6 is 0 Å². The van der Waals surface area contributed by atoms with Crippen molar-refractivity contribution in [3.63, 3.8) is 0 Å². The van der Waals surface area contributed by atoms with Crippen molar-refractivity contribution in [2.24, 2.45) is 5.92 Å². The molecule has 0 spiro atoms. The van der Waals surface area contributed by atoms with Gasteiger partial charge in [0, 0.05) is 12.6 Å². The van der Waals surface area contributed by atoms with Crippen molar-refractivity contribution >= 4 is 11.6 Å². The van der Waals surface area contributed by atoms with E-state index in [1.807, 2.05) is 12.1 Å². The van der Waals surface area contributed by atoms with E-state index in [2.05, 4.69) is 29.8 Å². The maximum absolute atomic E-state index is 5.74. The molecular weight excluding hydrogens is 198 g/mol. The quantitative estimate of drug-likeness (QED) is 0.828. The zero-order valence-electron chi connectivity index (χ0n) is 10.2. The molecule has 88 valence electrons. The largest absolute Gasteiger partial charge is 0.384 e. The highest BCUT2D eigenvalue weighted by Gasteiger charge is 2.29. The van der Waals surface area contributed by atoms with Gasteiger partial charge in [-0.05, 0) is 37.3 Å². The highest BCUT2D eigenvalue weighted by Crippen LogP contribution is 2.31. The normalized spacial score (nSPS) is 15.4. The molecule has 0 radical (unpaired) electrons. The fourth-order valence-electron chi connectivity index (χ4n) is 1.87. The predicted octanol–water partition coefficient (Wildman–Crippen LogP) is 2.68. The Balaban J connectivity index is 2.06. The van der Waals surface area contributed by atoms with Gasteiger partial charge in [-0.2, -0.15) is 0 Å². The summed E-state index contributed by atoms with van der Waals surface area (Å²) in [6.45, 7) is 5.62. The summed E-state index contributed by atoms with van der Waals surface area (Å²) < 4.78 is 0. The molecule has 0 amide bonds. The number of hydrogen-bond acceptors (Lipinski definition) is 3. The molecule has 0 atom stereocenters. The molecule has 2 rings (SSSR count). The smallest absolute Gasteiger partial charge is 0.131 e. The second-order valence-electron chi connectivity index (χ2n) is 5.03. The third-order valence-electron chi connectivity index (χ3n) is 2.99. The lowest BCUT2D eigenvalue weighted by Gasteiger charge is -2.24. The van der Waals surface area contributed by atoms with E-state index in [9.17, 15) is 0 Å². The molecule has 0 aromatic carbocycles. The van der Waals surface area contributed by atoms with Gasteiger partial charge < -0.3 is 10.6 Å². The fraction of sp³-hybridized carbons (Fsp3) is 0.615. The predicted molar refractivity (Wildman–Crippen MR) is 68.5 cm³/mol. The molecule has 1 aromatic heterocycles. The van der Waals surface area contributed by atoms with E-state index in [4.69, 9.17) is 5.73 Å². The van der Waals surface area contributed by atoms with Gasteiger partial charge in [-0.25, -0.2) is 4.98 Å². The summed E-state index contributed by atoms with van der Waals surface area (Å²) in [5.74, 6) is 2.40. The van der Waals surface area contributed by atoms with Crippen LogP contribution in [-0.2, 0) is 0 Å². The van der Waals surface area contributed by atoms with Crippen molar-refractivity contribution in [3.05, 3.63) is 18.2 Å². The van der Waals surface area contributed by atoms with Crippen LogP contribution in [0.2, 0.25) is 0 Å². The lowest BCUT2D eigenvalue weighted by atomic mass is 10.1. The minimum atomic E-state index is 0.618. The number of rotatable bonds is 5. The van der Waals surface area contributed by atoms with Crippen LogP contribution < -0.4 is 10.6 Å². The van der Waals surface area contributed by atoms with Gasteiger partial charge in [0.2, 0.25) is 0 Å². The molecule has 16 heavy (non-hydrogen) atoms. The number of hydrogen-bond donors (Lipinski definition) is 1. The van der Waals surface area contributed by atoms with Crippen LogP contribution in [-0.4, -0.2) is 17.6 Å². The molecule has 1 heterocycles. The third-order valence-corrected chi connectivity index (χ3v) is 2.99. The molecule has 0 unspecified atom stereocenters. The second-order valence-corrected chi connectivity index (χ2v) is 5.03. The standard InChI is InChI=1S/C13H21N3/c1-10(2)8-9-16(11-6-7-11)13-5-3-4-12(14)15-13/h3-5,10-11H,6-9H2,1-2H3,(H2,14,15). The fourth-order valence-corrected chi connectivity index (χ4v) is 1.87. The van der Waals surface area contributed by atoms with Gasteiger partial charge in [0.25, 0.3) is 0 Å². The Bertz CT molecular complexity index is 345. The lowest BCUT2D eigenvalue weighted by Crippen LogP contribution is -2.28. The number of aromatic nitrogens is 1. The van der Waals surface area contributed by atoms with Crippen LogP contribution in [0.3, 0.4) is 0 Å². The van der Waals surface area contributed by atoms with Crippen LogP contribution in [0.25, 0.3) is 0 Å². The second kappa shape index (κ2) is 4.73. The zero-order chi connectivity index (χ0) is 11.5. The van der Waals surface area contributed by atoms with Crippen LogP contribution in [0.1, 0.15) is 33.1 Å². The molecule has 1 saturated carbocycles. The lowest BCUT2D eigenvalue weighted by molar-refractivity contribution is 0.568. The third kappa shape index (κ3) is 2.87. The monoisotopic (exact) mass is 219 g/mol. The summed E-state index contributed by atoms with van der Waals surface area (Å²) in [4.78, 5) is 6.83. The summed E-state index contributed by atoms with van der Waals surface area (Å²) in [5, 5.41) is 0. The maximum Gasteiger partial charge on any atom is 0.131 e. The van der Waals surface area contributed by atoms with Crippen LogP contribution in [0.4, 0.5) is 11.6 Å². The molecule has 1 aliphatic rings. The number of nitrogens with zero attached hydrogens (tertiary/aromatic N) is 2. The van der Waals surface area contributed by atoms with Gasteiger partial charge in [0.1, 0.15) is 11.6 Å². The minimum Gasteiger partial charge on any atom is -0.384 e. The summed E-state index contributed by atoms with van der Waals surface area (Å²) in [7, 11) is 0. The van der Waals surface area contributed by atoms with E-state index in [-0.39, 0.29) is 0 Å². The summed E-state index contributed by atoms with van der Waals surface area (Å²) >= 11 is 0. The number of pyridine rings is 1. The van der Waals surface area contributed by atoms with Crippen molar-refractivity contribution < 1.29 is 0 Å². The molecular formula is C13H21N3. The van der Waals surface area contributed by atoms with Crippen LogP contribution in [0, 0.1) is 5.92 Å². The van der Waals surface area contributed by atoms with E-state index < -0.39 is 0 Å². The van der Waals surface area contributed by atoms with E-state index >= 15 is 0 Å². The maximum atomic E-state index is 5.74. The summed E-state index contributed by atoms with van der Waals surface area (Å²) in [6.07, 6.45) is 3.82. The SMILES string of the molecule is CC(C)CCN(c1cccc(N)n1)C1CC1. The number of nitrogen functional groups attached to an aromatic ring is 1. The Hall–Kier alpha value is -1.25. The molecule has 3 heteroatoms. The molecule has 1 aromatic rings. The average Bonchev–Trinajstić information content (AvgIpc) is 3.02. The molecule has 3 nitrogen and oxygen atoms in total. The zero-order valence-corrected chi connectivity index (χ0v) is 10.2. The van der Waals surface area contributed by atoms with Crippen molar-refractivity contribution in [2.75, 3.05) is 17.2 Å². The minimum absolute atomic E-state index is 0.618. The Kier molecular flexibility index (Phi) is 3.32. The highest BCUT2D eigenvalue weighted by atomic mass is 15.2. The van der Waals surface area contributed by atoms with Gasteiger partial charge in [-0.1, -0.05) is 19.9 Å². The van der Waals surface area contributed by atoms with Crippen LogP contribution in [0.15, 0.2) is 18.2 Å². The Labute approximate surface area is 97.7 Å². The van der Waals surface area contributed by atoms with Crippen molar-refractivity contribution in [3.8, 4) is 0 Å². The van der Waals surface area contributed by atoms with E-state index in [0.29, 0.717) is 11.9 Å². The molecule has 0 saturated heterocycles. The van der Waals surface area contributed by atoms with Gasteiger partial charge in [-0.3, -0.25) is 0 Å². The number of anilines is 2. The van der Waals surface area contributed by atoms with Gasteiger partial charge >= 0.3 is 0 Å². The molecule has 2 N–H and O–H groups in total. The average molecular weight is 219 g/mol. The number of nitrogens with two attached hydrogens (primary N) is 1. The van der Waals surface area contributed by atoms with E-state index in [0.717, 1.165) is 18.3 Å². The first-order chi connectivity index (χ1) is 7.66. The van der Waals surface area contributed by atoms with E-state index in [1.54, 1.807) is 0 Å². The molecule has 0 aliphatic heterocycles. The Morgan fingerprint density at radius 2 is 2.19 bits per heavy atom. The topological polar surface area (TPSA) is 42.1 Å². The van der Waals surface area contributed by atoms with Crippen molar-refractivity contribution in [1.82, 2.24) is 4.98 Å². The first kappa shape index (κ1) is 11.2. The van der Waals surface area contributed by atoms with Gasteiger partial charge in [-0.15, -0.1) is 0 Å². The first-order valence-corrected chi connectivity index (χ1v) is 6.16. The summed E-state index contributed by atoms with van der Waals surface area (Å²) in [6, 6.07) is 6.60. The first-order valence-electron chi connectivity index (χ1n) is 6.16. The van der Waals surface area contributed by atoms with Crippen molar-refractivity contribution in [2.45, 2.75) is 39.2 Å². The molecule has 1 fully saturated rings. The van der Waals surface area contributed by atoms with Gasteiger partial charge in [0.15, 0.2) is 0 Å². The van der Waals surface area contributed by atoms with Crippen LogP contribution in [0.5, 0.6) is 0 Å². The summed E-state index contributed by atoms with van der Waals surface area (Å²) in [5.41, 5.74) is 5.74. The molecule has 1 aliphatic carbocycles. The van der Waals surface area contributed by atoms with Crippen molar-refractivity contribution in [1.29, 1.82) is 0 Å². The van der Waals surface area contributed by atoms with Gasteiger partial charge in [0.05, 0.1) is 0 Å². The Morgan fingerprint density at radius 1 is 1.44 bits per heavy atom. The Morgan fingerprint density at radius 3 is 2.75 bits per heavy atom. The highest BCUT2D eigenvalue weighted by molar-refractivity contribution is 5.46.